The van der Waals surface area contributed by atoms with Gasteiger partial charge in [0.25, 0.3) is 0 Å². The summed E-state index contributed by atoms with van der Waals surface area (Å²) in [4.78, 5) is 2.37. The summed E-state index contributed by atoms with van der Waals surface area (Å²) >= 11 is 0. The van der Waals surface area contributed by atoms with Crippen LogP contribution in [0.3, 0.4) is 0 Å². The Balaban J connectivity index is 1.92. The number of nitrogens with one attached hydrogen (secondary N) is 1. The fourth-order valence-corrected chi connectivity index (χ4v) is 3.53. The maximum atomic E-state index is 12.1. The van der Waals surface area contributed by atoms with E-state index in [2.05, 4.69) is 21.8 Å². The molecular formula is C12H22N4O3S. The van der Waals surface area contributed by atoms with E-state index in [-0.39, 0.29) is 11.5 Å². The Labute approximate surface area is 119 Å². The van der Waals surface area contributed by atoms with E-state index in [0.29, 0.717) is 19.0 Å². The van der Waals surface area contributed by atoms with Crippen LogP contribution in [0.25, 0.3) is 0 Å². The van der Waals surface area contributed by atoms with Crippen molar-refractivity contribution in [3.63, 3.8) is 0 Å². The highest BCUT2D eigenvalue weighted by atomic mass is 32.2. The Bertz CT molecular complexity index is 529. The third-order valence-electron chi connectivity index (χ3n) is 3.53. The zero-order valence-corrected chi connectivity index (χ0v) is 12.5. The van der Waals surface area contributed by atoms with Crippen molar-refractivity contribution < 1.29 is 13.5 Å². The first kappa shape index (κ1) is 15.4. The number of aromatic nitrogens is 2. The van der Waals surface area contributed by atoms with Crippen LogP contribution in [-0.4, -0.2) is 61.5 Å². The SMILES string of the molecule is CN1CCCC(CNS(=O)(=O)c2cnn(CCO)c2)C1. The van der Waals surface area contributed by atoms with Gasteiger partial charge in [0.05, 0.1) is 19.3 Å². The summed E-state index contributed by atoms with van der Waals surface area (Å²) in [6, 6.07) is 0. The Morgan fingerprint density at radius 1 is 1.55 bits per heavy atom. The van der Waals surface area contributed by atoms with Gasteiger partial charge in [-0.3, -0.25) is 4.68 Å². The number of hydrogen-bond acceptors (Lipinski definition) is 5. The second kappa shape index (κ2) is 6.66. The molecule has 7 nitrogen and oxygen atoms in total. The average Bonchev–Trinajstić information content (AvgIpc) is 2.87. The molecule has 114 valence electrons. The smallest absolute Gasteiger partial charge is 0.243 e. The molecule has 0 aliphatic carbocycles. The predicted molar refractivity (Wildman–Crippen MR) is 74.7 cm³/mol. The minimum atomic E-state index is -3.51. The molecule has 8 heteroatoms. The Morgan fingerprint density at radius 2 is 2.35 bits per heavy atom. The molecule has 1 atom stereocenters. The van der Waals surface area contributed by atoms with E-state index in [1.165, 1.54) is 17.1 Å². The molecule has 20 heavy (non-hydrogen) atoms. The summed E-state index contributed by atoms with van der Waals surface area (Å²) in [7, 11) is -1.45. The molecule has 1 unspecified atom stereocenters. The van der Waals surface area contributed by atoms with Crippen LogP contribution < -0.4 is 4.72 Å². The zero-order valence-electron chi connectivity index (χ0n) is 11.7. The molecule has 1 aromatic heterocycles. The number of piperidine rings is 1. The van der Waals surface area contributed by atoms with E-state index in [0.717, 1.165) is 25.9 Å². The topological polar surface area (TPSA) is 87.5 Å². The lowest BCUT2D eigenvalue weighted by molar-refractivity contribution is 0.211. The normalized spacial score (nSPS) is 21.2. The van der Waals surface area contributed by atoms with Crippen LogP contribution >= 0.6 is 0 Å². The van der Waals surface area contributed by atoms with E-state index >= 15 is 0 Å². The van der Waals surface area contributed by atoms with Gasteiger partial charge in [-0.1, -0.05) is 0 Å². The van der Waals surface area contributed by atoms with Crippen LogP contribution in [0.2, 0.25) is 0 Å². The van der Waals surface area contributed by atoms with Crippen molar-refractivity contribution in [1.29, 1.82) is 0 Å². The first-order valence-corrected chi connectivity index (χ1v) is 8.31. The lowest BCUT2D eigenvalue weighted by Gasteiger charge is -2.29. The van der Waals surface area contributed by atoms with E-state index in [9.17, 15) is 8.42 Å². The maximum Gasteiger partial charge on any atom is 0.243 e. The van der Waals surface area contributed by atoms with Crippen LogP contribution in [0.4, 0.5) is 0 Å². The molecule has 1 aliphatic heterocycles. The molecule has 1 saturated heterocycles. The van der Waals surface area contributed by atoms with Gasteiger partial charge in [-0.05, 0) is 32.4 Å². The van der Waals surface area contributed by atoms with Crippen LogP contribution in [0.1, 0.15) is 12.8 Å². The average molecular weight is 302 g/mol. The minimum absolute atomic E-state index is 0.0665. The lowest BCUT2D eigenvalue weighted by Crippen LogP contribution is -2.39. The summed E-state index contributed by atoms with van der Waals surface area (Å²) in [6.45, 7) is 2.69. The van der Waals surface area contributed by atoms with Gasteiger partial charge in [0.15, 0.2) is 0 Å². The first-order valence-electron chi connectivity index (χ1n) is 6.83. The molecular weight excluding hydrogens is 280 g/mol. The number of rotatable bonds is 6. The van der Waals surface area contributed by atoms with Crippen LogP contribution in [0, 0.1) is 5.92 Å². The maximum absolute atomic E-state index is 12.1. The summed E-state index contributed by atoms with van der Waals surface area (Å²) in [5.74, 6) is 0.357. The van der Waals surface area contributed by atoms with Crippen LogP contribution in [-0.2, 0) is 16.6 Å². The Kier molecular flexibility index (Phi) is 5.14. The third-order valence-corrected chi connectivity index (χ3v) is 4.91. The fraction of sp³-hybridized carbons (Fsp3) is 0.750. The molecule has 1 aromatic rings. The minimum Gasteiger partial charge on any atom is -0.394 e. The second-order valence-electron chi connectivity index (χ2n) is 5.29. The van der Waals surface area contributed by atoms with Crippen molar-refractivity contribution in [1.82, 2.24) is 19.4 Å². The van der Waals surface area contributed by atoms with E-state index < -0.39 is 10.0 Å². The molecule has 2 N–H and O–H groups in total. The number of aliphatic hydroxyl groups is 1. The summed E-state index contributed by atoms with van der Waals surface area (Å²) < 4.78 is 28.3. The van der Waals surface area contributed by atoms with Crippen LogP contribution in [0.15, 0.2) is 17.3 Å². The predicted octanol–water partition coefficient (Wildman–Crippen LogP) is -0.504. The van der Waals surface area contributed by atoms with Crippen molar-refractivity contribution in [2.45, 2.75) is 24.3 Å². The van der Waals surface area contributed by atoms with E-state index in [1.54, 1.807) is 0 Å². The molecule has 0 bridgehead atoms. The van der Waals surface area contributed by atoms with Gasteiger partial charge < -0.3 is 10.0 Å². The van der Waals surface area contributed by atoms with Crippen molar-refractivity contribution in [2.24, 2.45) is 5.92 Å². The van der Waals surface area contributed by atoms with E-state index in [4.69, 9.17) is 5.11 Å². The largest absolute Gasteiger partial charge is 0.394 e. The molecule has 1 aliphatic rings. The summed E-state index contributed by atoms with van der Waals surface area (Å²) in [5.41, 5.74) is 0. The quantitative estimate of drug-likeness (QED) is 0.739. The van der Waals surface area contributed by atoms with Gasteiger partial charge in [-0.15, -0.1) is 0 Å². The fourth-order valence-electron chi connectivity index (χ4n) is 2.46. The molecule has 0 amide bonds. The standard InChI is InChI=1S/C12H22N4O3S/c1-15-4-2-3-11(9-15)7-14-20(18,19)12-8-13-16(10-12)5-6-17/h8,10-11,14,17H,2-7,9H2,1H3. The Hall–Kier alpha value is -0.960. The van der Waals surface area contributed by atoms with Crippen molar-refractivity contribution in [3.05, 3.63) is 12.4 Å². The number of likely N-dealkylation sites (tertiary alicyclic amines) is 1. The summed E-state index contributed by atoms with van der Waals surface area (Å²) in [6.07, 6.45) is 4.91. The lowest BCUT2D eigenvalue weighted by atomic mass is 9.99. The molecule has 0 radical (unpaired) electrons. The highest BCUT2D eigenvalue weighted by molar-refractivity contribution is 7.89. The molecule has 0 spiro atoms. The van der Waals surface area contributed by atoms with Gasteiger partial charge in [0, 0.05) is 19.3 Å². The highest BCUT2D eigenvalue weighted by Crippen LogP contribution is 2.15. The van der Waals surface area contributed by atoms with E-state index in [1.807, 2.05) is 0 Å². The molecule has 2 heterocycles. The second-order valence-corrected chi connectivity index (χ2v) is 7.05. The van der Waals surface area contributed by atoms with Gasteiger partial charge in [-0.2, -0.15) is 5.10 Å². The monoisotopic (exact) mass is 302 g/mol. The van der Waals surface area contributed by atoms with Crippen LogP contribution in [0.5, 0.6) is 0 Å². The number of sulfonamides is 1. The van der Waals surface area contributed by atoms with Gasteiger partial charge in [0.2, 0.25) is 10.0 Å². The van der Waals surface area contributed by atoms with Crippen molar-refractivity contribution >= 4 is 10.0 Å². The number of aliphatic hydroxyl groups excluding tert-OH is 1. The van der Waals surface area contributed by atoms with Gasteiger partial charge in [-0.25, -0.2) is 13.1 Å². The van der Waals surface area contributed by atoms with Crippen molar-refractivity contribution in [2.75, 3.05) is 33.3 Å². The van der Waals surface area contributed by atoms with Crippen molar-refractivity contribution in [3.8, 4) is 0 Å². The molecule has 1 fully saturated rings. The first-order chi connectivity index (χ1) is 9.51. The summed E-state index contributed by atoms with van der Waals surface area (Å²) in [5, 5.41) is 12.7. The molecule has 0 aromatic carbocycles. The Morgan fingerprint density at radius 3 is 3.05 bits per heavy atom. The highest BCUT2D eigenvalue weighted by Gasteiger charge is 2.21. The van der Waals surface area contributed by atoms with Gasteiger partial charge >= 0.3 is 0 Å². The van der Waals surface area contributed by atoms with Gasteiger partial charge in [0.1, 0.15) is 4.90 Å². The zero-order chi connectivity index (χ0) is 14.6. The molecule has 0 saturated carbocycles. The number of hydrogen-bond donors (Lipinski definition) is 2. The number of nitrogens with zero attached hydrogens (tertiary/aromatic N) is 3. The molecule has 2 rings (SSSR count). The third kappa shape index (κ3) is 4.02.